The molecule has 0 N–H and O–H groups in total. The Labute approximate surface area is 121 Å². The standard InChI is InChI=1S/3C4H9O.Sn.H2/c3*1-3-4-5-2;;/h3*1,3-4H2,2H3;;1H. The molecule has 0 unspecified atom stereocenters. The minimum Gasteiger partial charge on any atom is -0.385 e. The van der Waals surface area contributed by atoms with Crippen LogP contribution in [0.25, 0.3) is 0 Å². The summed E-state index contributed by atoms with van der Waals surface area (Å²) in [5.41, 5.74) is 0. The van der Waals surface area contributed by atoms with Gasteiger partial charge in [0.2, 0.25) is 0 Å². The molecule has 0 aliphatic heterocycles. The molecule has 4 heteroatoms. The van der Waals surface area contributed by atoms with Crippen LogP contribution in [-0.2, 0) is 14.2 Å². The van der Waals surface area contributed by atoms with Crippen LogP contribution < -0.4 is 0 Å². The first kappa shape index (κ1) is 25.5. The monoisotopic (exact) mass is 341 g/mol. The van der Waals surface area contributed by atoms with Crippen molar-refractivity contribution in [2.24, 2.45) is 0 Å². The van der Waals surface area contributed by atoms with Gasteiger partial charge in [0.05, 0.1) is 0 Å². The van der Waals surface area contributed by atoms with E-state index in [-0.39, 0.29) is 25.3 Å². The van der Waals surface area contributed by atoms with Crippen molar-refractivity contribution in [2.45, 2.75) is 19.3 Å². The molecule has 0 aliphatic carbocycles. The Balaban J connectivity index is -0.0000000400. The van der Waals surface area contributed by atoms with E-state index >= 15 is 0 Å². The number of rotatable bonds is 6. The summed E-state index contributed by atoms with van der Waals surface area (Å²) in [6, 6.07) is 0. The minimum atomic E-state index is 0. The topological polar surface area (TPSA) is 27.7 Å². The summed E-state index contributed by atoms with van der Waals surface area (Å²) in [5.74, 6) is 0. The van der Waals surface area contributed by atoms with Gasteiger partial charge in [0, 0.05) is 66.5 Å². The van der Waals surface area contributed by atoms with Gasteiger partial charge in [-0.2, -0.15) is 0 Å². The Morgan fingerprint density at radius 1 is 0.688 bits per heavy atom. The molecule has 16 heavy (non-hydrogen) atoms. The van der Waals surface area contributed by atoms with E-state index < -0.39 is 0 Å². The van der Waals surface area contributed by atoms with Gasteiger partial charge in [0.1, 0.15) is 0 Å². The molecule has 3 nitrogen and oxygen atoms in total. The Morgan fingerprint density at radius 3 is 0.875 bits per heavy atom. The summed E-state index contributed by atoms with van der Waals surface area (Å²) in [6.07, 6.45) is 2.61. The second-order valence-electron chi connectivity index (χ2n) is 2.54. The van der Waals surface area contributed by atoms with Gasteiger partial charge < -0.3 is 14.2 Å². The maximum absolute atomic E-state index is 4.63. The normalized spacial score (nSPS) is 7.88. The first-order valence-electron chi connectivity index (χ1n) is 5.09. The number of hydrogen-bond acceptors (Lipinski definition) is 3. The number of methoxy groups -OCH3 is 3. The Morgan fingerprint density at radius 2 is 0.875 bits per heavy atom. The van der Waals surface area contributed by atoms with Crippen molar-refractivity contribution >= 4 is 23.9 Å². The molecule has 0 saturated heterocycles. The summed E-state index contributed by atoms with van der Waals surface area (Å²) in [4.78, 5) is 0. The van der Waals surface area contributed by atoms with Crippen molar-refractivity contribution in [3.63, 3.8) is 0 Å². The molecular weight excluding hydrogens is 311 g/mol. The Hall–Kier alpha value is 0.679. The smallest absolute Gasteiger partial charge is 0.0462 e. The van der Waals surface area contributed by atoms with E-state index in [9.17, 15) is 0 Å². The van der Waals surface area contributed by atoms with E-state index in [1.165, 1.54) is 0 Å². The molecule has 99 valence electrons. The molecular formula is C12H29O3Sn. The van der Waals surface area contributed by atoms with Crippen LogP contribution in [-0.4, -0.2) is 65.1 Å². The van der Waals surface area contributed by atoms with Gasteiger partial charge in [-0.3, -0.25) is 0 Å². The molecule has 0 heterocycles. The summed E-state index contributed by atoms with van der Waals surface area (Å²) in [7, 11) is 5.02. The molecule has 0 aromatic heterocycles. The van der Waals surface area contributed by atoms with E-state index in [1.807, 2.05) is 0 Å². The number of hydrogen-bond donors (Lipinski definition) is 0. The fourth-order valence-corrected chi connectivity index (χ4v) is 0.433. The van der Waals surface area contributed by atoms with E-state index in [2.05, 4.69) is 35.0 Å². The zero-order valence-corrected chi connectivity index (χ0v) is 13.9. The zero-order valence-electron chi connectivity index (χ0n) is 11.1. The molecule has 0 aromatic carbocycles. The fraction of sp³-hybridized carbons (Fsp3) is 0.750. The van der Waals surface area contributed by atoms with Gasteiger partial charge in [-0.05, 0) is 19.3 Å². The average molecular weight is 340 g/mol. The summed E-state index contributed by atoms with van der Waals surface area (Å²) in [6.45, 7) is 13.0. The van der Waals surface area contributed by atoms with Crippen LogP contribution in [0.2, 0.25) is 0 Å². The van der Waals surface area contributed by atoms with Crippen LogP contribution in [0, 0.1) is 20.8 Å². The second kappa shape index (κ2) is 36.1. The van der Waals surface area contributed by atoms with Gasteiger partial charge in [-0.15, -0.1) is 0 Å². The quantitative estimate of drug-likeness (QED) is 0.696. The molecule has 0 aromatic rings. The number of ether oxygens (including phenoxy) is 3. The SMILES string of the molecule is [CH2]CCOC.[CH2]CCOC.[CH2]CCOC.[HH].[Sn]. The van der Waals surface area contributed by atoms with E-state index in [1.54, 1.807) is 21.3 Å². The average Bonchev–Trinajstić information content (AvgIpc) is 2.23. The summed E-state index contributed by atoms with van der Waals surface area (Å²) < 4.78 is 13.9. The van der Waals surface area contributed by atoms with Crippen molar-refractivity contribution in [2.75, 3.05) is 41.2 Å². The van der Waals surface area contributed by atoms with Crippen LogP contribution in [0.5, 0.6) is 0 Å². The predicted octanol–water partition coefficient (Wildman–Crippen LogP) is 2.44. The molecule has 0 fully saturated rings. The van der Waals surface area contributed by atoms with Gasteiger partial charge >= 0.3 is 0 Å². The van der Waals surface area contributed by atoms with Crippen molar-refractivity contribution in [1.29, 1.82) is 0 Å². The van der Waals surface area contributed by atoms with E-state index in [0.29, 0.717) is 0 Å². The maximum Gasteiger partial charge on any atom is 0.0462 e. The van der Waals surface area contributed by atoms with Crippen molar-refractivity contribution < 1.29 is 15.6 Å². The fourth-order valence-electron chi connectivity index (χ4n) is 0.433. The molecule has 0 spiro atoms. The third-order valence-corrected chi connectivity index (χ3v) is 1.05. The molecule has 7 radical (unpaired) electrons. The predicted molar refractivity (Wildman–Crippen MR) is 73.4 cm³/mol. The third-order valence-electron chi connectivity index (χ3n) is 1.05. The minimum absolute atomic E-state index is 0. The molecule has 0 bridgehead atoms. The van der Waals surface area contributed by atoms with Crippen LogP contribution >= 0.6 is 0 Å². The molecule has 0 rings (SSSR count). The third kappa shape index (κ3) is 61.6. The molecule has 0 atom stereocenters. The van der Waals surface area contributed by atoms with Gasteiger partial charge in [0.25, 0.3) is 0 Å². The molecule has 0 amide bonds. The van der Waals surface area contributed by atoms with Crippen molar-refractivity contribution in [1.82, 2.24) is 0 Å². The van der Waals surface area contributed by atoms with E-state index in [4.69, 9.17) is 0 Å². The second-order valence-corrected chi connectivity index (χ2v) is 2.54. The first-order valence-corrected chi connectivity index (χ1v) is 5.09. The Kier molecular flexibility index (Phi) is 57.5. The Bertz CT molecular complexity index is 58.5. The van der Waals surface area contributed by atoms with Gasteiger partial charge in [0.15, 0.2) is 0 Å². The summed E-state index contributed by atoms with van der Waals surface area (Å²) >= 11 is 0. The van der Waals surface area contributed by atoms with Gasteiger partial charge in [-0.1, -0.05) is 20.8 Å². The molecule has 0 aliphatic rings. The maximum atomic E-state index is 4.63. The van der Waals surface area contributed by atoms with E-state index in [0.717, 1.165) is 39.1 Å². The van der Waals surface area contributed by atoms with Crippen molar-refractivity contribution in [3.05, 3.63) is 20.8 Å². The largest absolute Gasteiger partial charge is 0.385 e. The first-order chi connectivity index (χ1) is 7.24. The van der Waals surface area contributed by atoms with Crippen molar-refractivity contribution in [3.8, 4) is 0 Å². The molecule has 0 saturated carbocycles. The van der Waals surface area contributed by atoms with Crippen LogP contribution in [0.1, 0.15) is 20.7 Å². The van der Waals surface area contributed by atoms with Gasteiger partial charge in [-0.25, -0.2) is 0 Å². The van der Waals surface area contributed by atoms with Crippen LogP contribution in [0.4, 0.5) is 0 Å². The van der Waals surface area contributed by atoms with Crippen LogP contribution in [0.15, 0.2) is 0 Å². The zero-order chi connectivity index (χ0) is 12.4. The van der Waals surface area contributed by atoms with Crippen LogP contribution in [0.3, 0.4) is 0 Å². The summed E-state index contributed by atoms with van der Waals surface area (Å²) in [5, 5.41) is 0.